The zero-order valence-corrected chi connectivity index (χ0v) is 16.8. The molecule has 0 saturated carbocycles. The van der Waals surface area contributed by atoms with Gasteiger partial charge in [0.25, 0.3) is 0 Å². The van der Waals surface area contributed by atoms with Gasteiger partial charge in [0.05, 0.1) is 18.6 Å². The minimum Gasteiger partial charge on any atom is -0.497 e. The maximum atomic E-state index is 12.1. The molecule has 0 bridgehead atoms. The fraction of sp³-hybridized carbons (Fsp3) is 0.118. The third kappa shape index (κ3) is 4.85. The molecule has 26 heavy (non-hydrogen) atoms. The molecule has 9 heteroatoms. The molecular weight excluding hydrogens is 410 g/mol. The van der Waals surface area contributed by atoms with E-state index in [1.807, 2.05) is 30.3 Å². The summed E-state index contributed by atoms with van der Waals surface area (Å²) in [5, 5.41) is 7.95. The molecule has 1 N–H and O–H groups in total. The minimum absolute atomic E-state index is 0.123. The number of benzene rings is 2. The van der Waals surface area contributed by atoms with Gasteiger partial charge in [-0.25, -0.2) is 4.68 Å². The van der Waals surface area contributed by atoms with Crippen LogP contribution in [-0.4, -0.2) is 28.6 Å². The van der Waals surface area contributed by atoms with Crippen LogP contribution in [0.4, 0.5) is 5.69 Å². The second kappa shape index (κ2) is 8.68. The predicted octanol–water partition coefficient (Wildman–Crippen LogP) is 5.06. The van der Waals surface area contributed by atoms with Crippen molar-refractivity contribution in [2.45, 2.75) is 4.34 Å². The third-order valence-electron chi connectivity index (χ3n) is 3.28. The number of carbonyl (C=O) groups is 1. The van der Waals surface area contributed by atoms with Crippen LogP contribution in [0.1, 0.15) is 0 Å². The van der Waals surface area contributed by atoms with Crippen molar-refractivity contribution >= 4 is 58.5 Å². The molecule has 1 heterocycles. The van der Waals surface area contributed by atoms with Crippen LogP contribution in [0.15, 0.2) is 52.9 Å². The SMILES string of the molecule is COc1cccc(NC(=O)CSc2nn(-c3ccc(Cl)cc3)c(=S)s2)c1. The first kappa shape index (κ1) is 18.9. The number of nitrogens with zero attached hydrogens (tertiary/aromatic N) is 2. The first-order chi connectivity index (χ1) is 12.5. The monoisotopic (exact) mass is 423 g/mol. The summed E-state index contributed by atoms with van der Waals surface area (Å²) in [6, 6.07) is 14.5. The van der Waals surface area contributed by atoms with Crippen LogP contribution in [0.25, 0.3) is 5.69 Å². The second-order valence-electron chi connectivity index (χ2n) is 5.09. The summed E-state index contributed by atoms with van der Waals surface area (Å²) in [5.74, 6) is 0.803. The molecule has 2 aromatic carbocycles. The highest BCUT2D eigenvalue weighted by molar-refractivity contribution is 8.01. The standard InChI is InChI=1S/C17H14ClN3O2S3/c1-23-14-4-2-3-12(9-14)19-15(22)10-25-16-20-21(17(24)26-16)13-7-5-11(18)6-8-13/h2-9H,10H2,1H3,(H,19,22). The summed E-state index contributed by atoms with van der Waals surface area (Å²) in [6.45, 7) is 0. The van der Waals surface area contributed by atoms with Gasteiger partial charge in [-0.3, -0.25) is 4.79 Å². The average molecular weight is 424 g/mol. The van der Waals surface area contributed by atoms with Crippen molar-refractivity contribution < 1.29 is 9.53 Å². The van der Waals surface area contributed by atoms with E-state index in [1.54, 1.807) is 30.0 Å². The van der Waals surface area contributed by atoms with Crippen molar-refractivity contribution in [1.29, 1.82) is 0 Å². The van der Waals surface area contributed by atoms with Crippen LogP contribution in [0, 0.1) is 3.95 Å². The van der Waals surface area contributed by atoms with E-state index in [9.17, 15) is 4.79 Å². The van der Waals surface area contributed by atoms with Crippen molar-refractivity contribution in [3.05, 3.63) is 57.5 Å². The summed E-state index contributed by atoms with van der Waals surface area (Å²) in [7, 11) is 1.58. The van der Waals surface area contributed by atoms with Gasteiger partial charge in [-0.05, 0) is 48.6 Å². The fourth-order valence-electron chi connectivity index (χ4n) is 2.09. The molecule has 0 spiro atoms. The molecule has 0 unspecified atom stereocenters. The minimum atomic E-state index is -0.123. The molecule has 0 fully saturated rings. The number of nitrogens with one attached hydrogen (secondary N) is 1. The largest absolute Gasteiger partial charge is 0.497 e. The number of anilines is 1. The molecule has 0 atom stereocenters. The number of carbonyl (C=O) groups excluding carboxylic acids is 1. The lowest BCUT2D eigenvalue weighted by atomic mass is 10.3. The number of hydrogen-bond acceptors (Lipinski definition) is 6. The van der Waals surface area contributed by atoms with E-state index in [0.29, 0.717) is 20.4 Å². The molecular formula is C17H14ClN3O2S3. The van der Waals surface area contributed by atoms with Gasteiger partial charge in [-0.1, -0.05) is 40.8 Å². The first-order valence-electron chi connectivity index (χ1n) is 7.48. The maximum Gasteiger partial charge on any atom is 0.234 e. The fourth-order valence-corrected chi connectivity index (χ4v) is 4.38. The molecule has 3 rings (SSSR count). The summed E-state index contributed by atoms with van der Waals surface area (Å²) >= 11 is 14.0. The Morgan fingerprint density at radius 1 is 1.35 bits per heavy atom. The Labute approximate surface area is 169 Å². The summed E-state index contributed by atoms with van der Waals surface area (Å²) in [4.78, 5) is 12.1. The lowest BCUT2D eigenvalue weighted by Gasteiger charge is -2.06. The summed E-state index contributed by atoms with van der Waals surface area (Å²) in [6.07, 6.45) is 0. The van der Waals surface area contributed by atoms with Gasteiger partial charge >= 0.3 is 0 Å². The maximum absolute atomic E-state index is 12.1. The van der Waals surface area contributed by atoms with Gasteiger partial charge < -0.3 is 10.1 Å². The lowest BCUT2D eigenvalue weighted by molar-refractivity contribution is -0.113. The van der Waals surface area contributed by atoms with Crippen molar-refractivity contribution in [2.75, 3.05) is 18.2 Å². The van der Waals surface area contributed by atoms with E-state index in [1.165, 1.54) is 23.1 Å². The van der Waals surface area contributed by atoms with Gasteiger partial charge in [0, 0.05) is 16.8 Å². The molecule has 0 radical (unpaired) electrons. The van der Waals surface area contributed by atoms with Crippen LogP contribution < -0.4 is 10.1 Å². The summed E-state index contributed by atoms with van der Waals surface area (Å²) in [5.41, 5.74) is 1.53. The van der Waals surface area contributed by atoms with Gasteiger partial charge in [0.2, 0.25) is 5.91 Å². The van der Waals surface area contributed by atoms with Crippen molar-refractivity contribution in [1.82, 2.24) is 9.78 Å². The van der Waals surface area contributed by atoms with Crippen molar-refractivity contribution in [2.24, 2.45) is 0 Å². The molecule has 0 saturated heterocycles. The number of thioether (sulfide) groups is 1. The van der Waals surface area contributed by atoms with Gasteiger partial charge in [-0.15, -0.1) is 5.10 Å². The van der Waals surface area contributed by atoms with E-state index >= 15 is 0 Å². The number of rotatable bonds is 6. The number of hydrogen-bond donors (Lipinski definition) is 1. The molecule has 0 aliphatic carbocycles. The average Bonchev–Trinajstić information content (AvgIpc) is 3.01. The topological polar surface area (TPSA) is 56.1 Å². The molecule has 0 aliphatic rings. The van der Waals surface area contributed by atoms with E-state index in [4.69, 9.17) is 28.6 Å². The smallest absolute Gasteiger partial charge is 0.234 e. The van der Waals surface area contributed by atoms with Gasteiger partial charge in [0.15, 0.2) is 8.29 Å². The molecule has 1 aromatic heterocycles. The van der Waals surface area contributed by atoms with Gasteiger partial charge in [0.1, 0.15) is 5.75 Å². The van der Waals surface area contributed by atoms with Crippen molar-refractivity contribution in [3.63, 3.8) is 0 Å². The van der Waals surface area contributed by atoms with Crippen LogP contribution >= 0.6 is 46.9 Å². The Hall–Kier alpha value is -1.87. The van der Waals surface area contributed by atoms with Gasteiger partial charge in [-0.2, -0.15) is 0 Å². The zero-order chi connectivity index (χ0) is 18.5. The summed E-state index contributed by atoms with van der Waals surface area (Å²) < 4.78 is 8.15. The molecule has 0 aliphatic heterocycles. The number of aromatic nitrogens is 2. The molecule has 134 valence electrons. The second-order valence-corrected chi connectivity index (χ2v) is 8.37. The normalized spacial score (nSPS) is 10.5. The highest BCUT2D eigenvalue weighted by Crippen LogP contribution is 2.25. The third-order valence-corrected chi connectivity index (χ3v) is 5.90. The number of amides is 1. The van der Waals surface area contributed by atoms with E-state index in [-0.39, 0.29) is 11.7 Å². The number of ether oxygens (including phenoxy) is 1. The van der Waals surface area contributed by atoms with E-state index in [2.05, 4.69) is 10.4 Å². The highest BCUT2D eigenvalue weighted by atomic mass is 35.5. The number of halogens is 1. The predicted molar refractivity (Wildman–Crippen MR) is 110 cm³/mol. The Morgan fingerprint density at radius 2 is 2.12 bits per heavy atom. The quantitative estimate of drug-likeness (QED) is 0.443. The zero-order valence-electron chi connectivity index (χ0n) is 13.6. The Bertz CT molecular complexity index is 970. The van der Waals surface area contributed by atoms with Crippen LogP contribution in [0.3, 0.4) is 0 Å². The number of methoxy groups -OCH3 is 1. The molecule has 3 aromatic rings. The van der Waals surface area contributed by atoms with Crippen molar-refractivity contribution in [3.8, 4) is 11.4 Å². The Morgan fingerprint density at radius 3 is 2.85 bits per heavy atom. The molecule has 5 nitrogen and oxygen atoms in total. The lowest BCUT2D eigenvalue weighted by Crippen LogP contribution is -2.14. The van der Waals surface area contributed by atoms with Crippen LogP contribution in [0.2, 0.25) is 5.02 Å². The van der Waals surface area contributed by atoms with E-state index < -0.39 is 0 Å². The van der Waals surface area contributed by atoms with E-state index in [0.717, 1.165) is 10.0 Å². The molecule has 1 amide bonds. The Kier molecular flexibility index (Phi) is 6.31. The van der Waals surface area contributed by atoms with Crippen LogP contribution in [-0.2, 0) is 4.79 Å². The Balaban J connectivity index is 1.63. The van der Waals surface area contributed by atoms with Crippen LogP contribution in [0.5, 0.6) is 5.75 Å². The highest BCUT2D eigenvalue weighted by Gasteiger charge is 2.10. The first-order valence-corrected chi connectivity index (χ1v) is 10.1.